The summed E-state index contributed by atoms with van der Waals surface area (Å²) in [6, 6.07) is 7.56. The Bertz CT molecular complexity index is 524. The first kappa shape index (κ1) is 9.35. The maximum Gasteiger partial charge on any atom is 0.253 e. The van der Waals surface area contributed by atoms with Crippen molar-refractivity contribution in [2.75, 3.05) is 5.32 Å². The van der Waals surface area contributed by atoms with Crippen LogP contribution in [0.2, 0.25) is 0 Å². The van der Waals surface area contributed by atoms with E-state index in [0.717, 1.165) is 16.3 Å². The summed E-state index contributed by atoms with van der Waals surface area (Å²) in [5.41, 5.74) is 1.71. The molecule has 2 heterocycles. The molecule has 0 spiro atoms. The highest BCUT2D eigenvalue weighted by atomic mass is 32.1. The summed E-state index contributed by atoms with van der Waals surface area (Å²) in [6.07, 6.45) is 1.56. The van der Waals surface area contributed by atoms with E-state index >= 15 is 0 Å². The summed E-state index contributed by atoms with van der Waals surface area (Å²) in [7, 11) is 0. The number of carbonyl (C=O) groups is 1. The maximum absolute atomic E-state index is 11.6. The molecule has 0 bridgehead atoms. The highest BCUT2D eigenvalue weighted by Gasteiger charge is 2.27. The molecule has 1 atom stereocenters. The van der Waals surface area contributed by atoms with Crippen molar-refractivity contribution < 1.29 is 4.79 Å². The lowest BCUT2D eigenvalue weighted by Crippen LogP contribution is -2.24. The number of benzene rings is 1. The number of rotatable bonds is 2. The maximum atomic E-state index is 11.6. The van der Waals surface area contributed by atoms with Gasteiger partial charge in [-0.05, 0) is 6.07 Å². The van der Waals surface area contributed by atoms with E-state index in [4.69, 9.17) is 0 Å². The molecule has 1 aliphatic heterocycles. The summed E-state index contributed by atoms with van der Waals surface area (Å²) >= 11 is 1.51. The molecule has 1 aromatic carbocycles. The van der Waals surface area contributed by atoms with Crippen molar-refractivity contribution >= 4 is 22.4 Å². The van der Waals surface area contributed by atoms with Crippen LogP contribution in [-0.2, 0) is 0 Å². The third-order valence-corrected chi connectivity index (χ3v) is 3.20. The van der Waals surface area contributed by atoms with Crippen LogP contribution in [0, 0.1) is 0 Å². The van der Waals surface area contributed by atoms with Crippen LogP contribution in [0.25, 0.3) is 0 Å². The Hall–Kier alpha value is -1.88. The van der Waals surface area contributed by atoms with Gasteiger partial charge in [-0.15, -0.1) is 11.3 Å². The molecule has 1 unspecified atom stereocenters. The third kappa shape index (κ3) is 1.45. The molecule has 0 saturated heterocycles. The van der Waals surface area contributed by atoms with E-state index < -0.39 is 0 Å². The van der Waals surface area contributed by atoms with Gasteiger partial charge in [0.15, 0.2) is 5.13 Å². The van der Waals surface area contributed by atoms with Crippen LogP contribution >= 0.6 is 11.3 Å². The molecule has 1 amide bonds. The summed E-state index contributed by atoms with van der Waals surface area (Å²) < 4.78 is 0. The molecule has 3 rings (SSSR count). The number of hydrogen-bond acceptors (Lipinski definition) is 4. The minimum Gasteiger partial charge on any atom is -0.338 e. The van der Waals surface area contributed by atoms with Gasteiger partial charge in [0.05, 0.1) is 0 Å². The molecular formula is C11H9N3OS. The van der Waals surface area contributed by atoms with E-state index in [1.807, 2.05) is 29.6 Å². The normalized spacial score (nSPS) is 18.0. The largest absolute Gasteiger partial charge is 0.338 e. The molecule has 1 aliphatic rings. The van der Waals surface area contributed by atoms with Crippen molar-refractivity contribution in [3.05, 3.63) is 47.0 Å². The summed E-state index contributed by atoms with van der Waals surface area (Å²) in [5.74, 6) is -0.0374. The van der Waals surface area contributed by atoms with Gasteiger partial charge in [0.1, 0.15) is 6.17 Å². The molecule has 16 heavy (non-hydrogen) atoms. The molecule has 1 aromatic heterocycles. The summed E-state index contributed by atoms with van der Waals surface area (Å²) in [5, 5.41) is 8.76. The second-order valence-corrected chi connectivity index (χ2v) is 4.37. The highest BCUT2D eigenvalue weighted by Crippen LogP contribution is 2.26. The minimum atomic E-state index is -0.171. The predicted molar refractivity (Wildman–Crippen MR) is 62.4 cm³/mol. The molecule has 0 radical (unpaired) electrons. The molecule has 80 valence electrons. The Morgan fingerprint density at radius 1 is 1.38 bits per heavy atom. The lowest BCUT2D eigenvalue weighted by molar-refractivity contribution is 0.0959. The van der Waals surface area contributed by atoms with Crippen LogP contribution in [0.1, 0.15) is 22.1 Å². The topological polar surface area (TPSA) is 54.0 Å². The second kappa shape index (κ2) is 3.61. The Labute approximate surface area is 96.3 Å². The second-order valence-electron chi connectivity index (χ2n) is 3.48. The van der Waals surface area contributed by atoms with Gasteiger partial charge in [0.2, 0.25) is 0 Å². The molecule has 4 nitrogen and oxygen atoms in total. The minimum absolute atomic E-state index is 0.0374. The fourth-order valence-electron chi connectivity index (χ4n) is 1.77. The lowest BCUT2D eigenvalue weighted by atomic mass is 10.1. The SMILES string of the molecule is O=C1NC(Nc2nccs2)c2ccccc21. The van der Waals surface area contributed by atoms with Crippen LogP contribution in [0.5, 0.6) is 0 Å². The number of hydrogen-bond donors (Lipinski definition) is 2. The molecule has 0 fully saturated rings. The molecule has 2 N–H and O–H groups in total. The molecule has 2 aromatic rings. The zero-order chi connectivity index (χ0) is 11.0. The van der Waals surface area contributed by atoms with E-state index in [9.17, 15) is 4.79 Å². The zero-order valence-electron chi connectivity index (χ0n) is 8.31. The van der Waals surface area contributed by atoms with Gasteiger partial charge in [-0.3, -0.25) is 4.79 Å². The number of aromatic nitrogens is 1. The Balaban J connectivity index is 1.92. The standard InChI is InChI=1S/C11H9N3OS/c15-10-8-4-2-1-3-7(8)9(13-10)14-11-12-5-6-16-11/h1-6,9H,(H,12,14)(H,13,15). The van der Waals surface area contributed by atoms with Crippen LogP contribution in [0.3, 0.4) is 0 Å². The quantitative estimate of drug-likeness (QED) is 0.831. The van der Waals surface area contributed by atoms with E-state index in [2.05, 4.69) is 15.6 Å². The van der Waals surface area contributed by atoms with Crippen LogP contribution in [0.15, 0.2) is 35.8 Å². The van der Waals surface area contributed by atoms with Gasteiger partial charge in [-0.1, -0.05) is 18.2 Å². The first-order valence-corrected chi connectivity index (χ1v) is 5.78. The van der Waals surface area contributed by atoms with Crippen LogP contribution in [0.4, 0.5) is 5.13 Å². The molecule has 5 heteroatoms. The number of fused-ring (bicyclic) bond motifs is 1. The van der Waals surface area contributed by atoms with Gasteiger partial charge < -0.3 is 10.6 Å². The number of nitrogens with one attached hydrogen (secondary N) is 2. The van der Waals surface area contributed by atoms with Gasteiger partial charge >= 0.3 is 0 Å². The first-order chi connectivity index (χ1) is 7.84. The molecular weight excluding hydrogens is 222 g/mol. The van der Waals surface area contributed by atoms with Gasteiger partial charge in [0, 0.05) is 22.7 Å². The third-order valence-electron chi connectivity index (χ3n) is 2.49. The molecule has 0 saturated carbocycles. The first-order valence-electron chi connectivity index (χ1n) is 4.90. The Kier molecular flexibility index (Phi) is 2.11. The molecule has 0 aliphatic carbocycles. The van der Waals surface area contributed by atoms with E-state index in [0.29, 0.717) is 0 Å². The fraction of sp³-hybridized carbons (Fsp3) is 0.0909. The fourth-order valence-corrected chi connectivity index (χ4v) is 2.33. The Morgan fingerprint density at radius 2 is 2.25 bits per heavy atom. The van der Waals surface area contributed by atoms with Gasteiger partial charge in [-0.2, -0.15) is 0 Å². The van der Waals surface area contributed by atoms with Crippen molar-refractivity contribution in [1.82, 2.24) is 10.3 Å². The number of thiazole rings is 1. The van der Waals surface area contributed by atoms with E-state index in [1.165, 1.54) is 11.3 Å². The number of carbonyl (C=O) groups excluding carboxylic acids is 1. The highest BCUT2D eigenvalue weighted by molar-refractivity contribution is 7.13. The van der Waals surface area contributed by atoms with E-state index in [-0.39, 0.29) is 12.1 Å². The average molecular weight is 231 g/mol. The van der Waals surface area contributed by atoms with E-state index in [1.54, 1.807) is 6.20 Å². The summed E-state index contributed by atoms with van der Waals surface area (Å²) in [4.78, 5) is 15.8. The van der Waals surface area contributed by atoms with Crippen LogP contribution in [-0.4, -0.2) is 10.9 Å². The van der Waals surface area contributed by atoms with Crippen molar-refractivity contribution in [3.8, 4) is 0 Å². The van der Waals surface area contributed by atoms with Crippen molar-refractivity contribution in [2.24, 2.45) is 0 Å². The lowest BCUT2D eigenvalue weighted by Gasteiger charge is -2.12. The predicted octanol–water partition coefficient (Wildman–Crippen LogP) is 2.00. The number of amides is 1. The van der Waals surface area contributed by atoms with Crippen LogP contribution < -0.4 is 10.6 Å². The summed E-state index contributed by atoms with van der Waals surface area (Å²) in [6.45, 7) is 0. The van der Waals surface area contributed by atoms with Gasteiger partial charge in [-0.25, -0.2) is 4.98 Å². The zero-order valence-corrected chi connectivity index (χ0v) is 9.12. The van der Waals surface area contributed by atoms with Crippen molar-refractivity contribution in [2.45, 2.75) is 6.17 Å². The number of nitrogens with zero attached hydrogens (tertiary/aromatic N) is 1. The van der Waals surface area contributed by atoms with Gasteiger partial charge in [0.25, 0.3) is 5.91 Å². The number of anilines is 1. The van der Waals surface area contributed by atoms with Crippen molar-refractivity contribution in [1.29, 1.82) is 0 Å². The van der Waals surface area contributed by atoms with Crippen molar-refractivity contribution in [3.63, 3.8) is 0 Å². The monoisotopic (exact) mass is 231 g/mol. The Morgan fingerprint density at radius 3 is 3.06 bits per heavy atom. The average Bonchev–Trinajstić information content (AvgIpc) is 2.90. The smallest absolute Gasteiger partial charge is 0.253 e.